The maximum atomic E-state index is 12.9. The molecule has 6 heteroatoms. The molecule has 1 atom stereocenters. The molecule has 2 aromatic carbocycles. The van der Waals surface area contributed by atoms with Crippen molar-refractivity contribution in [1.82, 2.24) is 10.2 Å². The number of carbonyl (C=O) groups excluding carboxylic acids is 2. The van der Waals surface area contributed by atoms with Crippen LogP contribution in [0, 0.1) is 5.41 Å². The SMILES string of the molecule is CN(C)CCc1ccc(N(O)C(=O)c2ccc3c(c2)C[C@]2(CCNC2=O)CC3)cc1. The first-order valence-corrected chi connectivity index (χ1v) is 10.6. The molecule has 0 aromatic heterocycles. The summed E-state index contributed by atoms with van der Waals surface area (Å²) in [6, 6.07) is 13.0. The topological polar surface area (TPSA) is 72.9 Å². The second-order valence-corrected chi connectivity index (χ2v) is 8.78. The van der Waals surface area contributed by atoms with Gasteiger partial charge in [-0.05, 0) is 87.2 Å². The van der Waals surface area contributed by atoms with E-state index in [9.17, 15) is 14.8 Å². The Morgan fingerprint density at radius 3 is 2.53 bits per heavy atom. The number of rotatable bonds is 5. The van der Waals surface area contributed by atoms with Crippen molar-refractivity contribution < 1.29 is 14.8 Å². The Balaban J connectivity index is 1.50. The number of hydroxylamine groups is 1. The van der Waals surface area contributed by atoms with Crippen LogP contribution in [-0.2, 0) is 24.1 Å². The van der Waals surface area contributed by atoms with Crippen LogP contribution in [0.25, 0.3) is 0 Å². The number of carbonyl (C=O) groups is 2. The lowest BCUT2D eigenvalue weighted by Crippen LogP contribution is -2.36. The fourth-order valence-electron chi connectivity index (χ4n) is 4.51. The van der Waals surface area contributed by atoms with Gasteiger partial charge in [-0.25, -0.2) is 0 Å². The van der Waals surface area contributed by atoms with Gasteiger partial charge in [0.25, 0.3) is 5.91 Å². The van der Waals surface area contributed by atoms with Gasteiger partial charge in [-0.3, -0.25) is 14.8 Å². The third-order valence-corrected chi connectivity index (χ3v) is 6.45. The van der Waals surface area contributed by atoms with Crippen LogP contribution in [-0.4, -0.2) is 49.1 Å². The van der Waals surface area contributed by atoms with Gasteiger partial charge in [-0.15, -0.1) is 0 Å². The predicted octanol–water partition coefficient (Wildman–Crippen LogP) is 2.82. The monoisotopic (exact) mass is 407 g/mol. The maximum Gasteiger partial charge on any atom is 0.281 e. The number of benzene rings is 2. The molecule has 1 aliphatic carbocycles. The Morgan fingerprint density at radius 2 is 1.87 bits per heavy atom. The van der Waals surface area contributed by atoms with Gasteiger partial charge in [0.2, 0.25) is 5.91 Å². The quantitative estimate of drug-likeness (QED) is 0.591. The van der Waals surface area contributed by atoms with E-state index in [2.05, 4.69) is 10.2 Å². The van der Waals surface area contributed by atoms with E-state index in [-0.39, 0.29) is 11.3 Å². The number of hydrogen-bond donors (Lipinski definition) is 2. The van der Waals surface area contributed by atoms with Gasteiger partial charge in [0.1, 0.15) is 0 Å². The fourth-order valence-corrected chi connectivity index (χ4v) is 4.51. The zero-order chi connectivity index (χ0) is 21.3. The number of nitrogens with one attached hydrogen (secondary N) is 1. The lowest BCUT2D eigenvalue weighted by Gasteiger charge is -2.32. The first-order chi connectivity index (χ1) is 14.4. The van der Waals surface area contributed by atoms with Gasteiger partial charge >= 0.3 is 0 Å². The van der Waals surface area contributed by atoms with E-state index in [0.29, 0.717) is 22.7 Å². The molecular weight excluding hydrogens is 378 g/mol. The average Bonchev–Trinajstić information content (AvgIpc) is 3.10. The fraction of sp³-hybridized carbons (Fsp3) is 0.417. The van der Waals surface area contributed by atoms with Crippen LogP contribution in [0.2, 0.25) is 0 Å². The minimum atomic E-state index is -0.464. The molecule has 6 nitrogen and oxygen atoms in total. The lowest BCUT2D eigenvalue weighted by atomic mass is 9.70. The molecule has 158 valence electrons. The minimum Gasteiger partial charge on any atom is -0.356 e. The number of likely N-dealkylation sites (N-methyl/N-ethyl adjacent to an activating group) is 1. The number of aryl methyl sites for hydroxylation is 1. The van der Waals surface area contributed by atoms with Crippen molar-refractivity contribution in [3.8, 4) is 0 Å². The Morgan fingerprint density at radius 1 is 1.10 bits per heavy atom. The van der Waals surface area contributed by atoms with E-state index >= 15 is 0 Å². The summed E-state index contributed by atoms with van der Waals surface area (Å²) in [6.07, 6.45) is 4.10. The summed E-state index contributed by atoms with van der Waals surface area (Å²) < 4.78 is 0. The van der Waals surface area contributed by atoms with E-state index in [1.54, 1.807) is 18.2 Å². The molecule has 0 unspecified atom stereocenters. The van der Waals surface area contributed by atoms with E-state index in [1.807, 2.05) is 38.4 Å². The summed E-state index contributed by atoms with van der Waals surface area (Å²) in [7, 11) is 4.06. The van der Waals surface area contributed by atoms with Crippen molar-refractivity contribution >= 4 is 17.5 Å². The van der Waals surface area contributed by atoms with E-state index in [1.165, 1.54) is 5.56 Å². The van der Waals surface area contributed by atoms with Crippen LogP contribution in [0.4, 0.5) is 5.69 Å². The molecule has 2 amide bonds. The van der Waals surface area contributed by atoms with E-state index in [0.717, 1.165) is 49.9 Å². The Kier molecular flexibility index (Phi) is 5.62. The Bertz CT molecular complexity index is 955. The van der Waals surface area contributed by atoms with Crippen LogP contribution in [0.1, 0.15) is 39.9 Å². The highest BCUT2D eigenvalue weighted by Crippen LogP contribution is 2.41. The number of amides is 2. The van der Waals surface area contributed by atoms with Crippen LogP contribution in [0.5, 0.6) is 0 Å². The summed E-state index contributed by atoms with van der Waals surface area (Å²) in [5.41, 5.74) is 3.92. The van der Waals surface area contributed by atoms with Crippen molar-refractivity contribution in [3.63, 3.8) is 0 Å². The molecule has 4 rings (SSSR count). The van der Waals surface area contributed by atoms with Crippen molar-refractivity contribution in [1.29, 1.82) is 0 Å². The molecule has 1 fully saturated rings. The summed E-state index contributed by atoms with van der Waals surface area (Å²) in [5, 5.41) is 14.2. The van der Waals surface area contributed by atoms with Gasteiger partial charge in [-0.2, -0.15) is 5.06 Å². The van der Waals surface area contributed by atoms with Gasteiger partial charge < -0.3 is 10.2 Å². The predicted molar refractivity (Wildman–Crippen MR) is 116 cm³/mol. The van der Waals surface area contributed by atoms with Gasteiger partial charge in [0.05, 0.1) is 11.1 Å². The van der Waals surface area contributed by atoms with E-state index in [4.69, 9.17) is 0 Å². The molecule has 0 saturated carbocycles. The molecule has 1 heterocycles. The molecule has 2 aliphatic rings. The van der Waals surface area contributed by atoms with Crippen LogP contribution < -0.4 is 10.4 Å². The molecule has 0 bridgehead atoms. The first-order valence-electron chi connectivity index (χ1n) is 10.6. The van der Waals surface area contributed by atoms with Crippen molar-refractivity contribution in [2.75, 3.05) is 32.2 Å². The molecule has 1 saturated heterocycles. The standard InChI is InChI=1S/C24H29N3O3/c1-26(2)14-10-17-3-7-21(8-4-17)27(30)22(28)19-6-5-18-9-11-24(16-20(18)15-19)12-13-25-23(24)29/h3-8,15,30H,9-14,16H2,1-2H3,(H,25,29)/t24-/m1/s1. The largest absolute Gasteiger partial charge is 0.356 e. The van der Waals surface area contributed by atoms with Gasteiger partial charge in [-0.1, -0.05) is 18.2 Å². The highest BCUT2D eigenvalue weighted by atomic mass is 16.5. The van der Waals surface area contributed by atoms with Crippen LogP contribution in [0.3, 0.4) is 0 Å². The van der Waals surface area contributed by atoms with Crippen LogP contribution in [0.15, 0.2) is 42.5 Å². The van der Waals surface area contributed by atoms with E-state index < -0.39 is 5.91 Å². The molecule has 0 radical (unpaired) electrons. The molecule has 1 spiro atoms. The smallest absolute Gasteiger partial charge is 0.281 e. The second kappa shape index (κ2) is 8.20. The van der Waals surface area contributed by atoms with Gasteiger partial charge in [0, 0.05) is 18.7 Å². The number of fused-ring (bicyclic) bond motifs is 1. The van der Waals surface area contributed by atoms with Crippen molar-refractivity contribution in [2.45, 2.75) is 32.1 Å². The second-order valence-electron chi connectivity index (χ2n) is 8.78. The number of hydrogen-bond acceptors (Lipinski definition) is 4. The van der Waals surface area contributed by atoms with Crippen molar-refractivity contribution in [2.24, 2.45) is 5.41 Å². The minimum absolute atomic E-state index is 0.128. The summed E-state index contributed by atoms with van der Waals surface area (Å²) in [5.74, 6) is -0.336. The Labute approximate surface area is 177 Å². The third kappa shape index (κ3) is 3.98. The first kappa shape index (κ1) is 20.6. The summed E-state index contributed by atoms with van der Waals surface area (Å²) >= 11 is 0. The molecular formula is C24H29N3O3. The van der Waals surface area contributed by atoms with Gasteiger partial charge in [0.15, 0.2) is 0 Å². The average molecular weight is 408 g/mol. The van der Waals surface area contributed by atoms with Crippen molar-refractivity contribution in [3.05, 3.63) is 64.7 Å². The third-order valence-electron chi connectivity index (χ3n) is 6.45. The number of nitrogens with zero attached hydrogens (tertiary/aromatic N) is 2. The zero-order valence-electron chi connectivity index (χ0n) is 17.6. The lowest BCUT2D eigenvalue weighted by molar-refractivity contribution is -0.128. The summed E-state index contributed by atoms with van der Waals surface area (Å²) in [6.45, 7) is 1.66. The Hall–Kier alpha value is -2.70. The normalized spacial score (nSPS) is 20.3. The summed E-state index contributed by atoms with van der Waals surface area (Å²) in [4.78, 5) is 27.4. The molecule has 2 aromatic rings. The molecule has 30 heavy (non-hydrogen) atoms. The number of anilines is 1. The maximum absolute atomic E-state index is 12.9. The highest BCUT2D eigenvalue weighted by Gasteiger charge is 2.44. The molecule has 2 N–H and O–H groups in total. The zero-order valence-corrected chi connectivity index (χ0v) is 17.6. The van der Waals surface area contributed by atoms with Crippen LogP contribution >= 0.6 is 0 Å². The molecule has 1 aliphatic heterocycles. The highest BCUT2D eigenvalue weighted by molar-refractivity contribution is 6.04.